The summed E-state index contributed by atoms with van der Waals surface area (Å²) < 4.78 is 6.15. The summed E-state index contributed by atoms with van der Waals surface area (Å²) in [6, 6.07) is 4.16. The number of carbonyl (C=O) groups is 1. The number of aryl methyl sites for hydroxylation is 1. The lowest BCUT2D eigenvalue weighted by Gasteiger charge is -2.56. The van der Waals surface area contributed by atoms with E-state index in [0.717, 1.165) is 43.6 Å². The number of carbonyl (C=O) groups excluding carboxylic acids is 1. The van der Waals surface area contributed by atoms with Crippen LogP contribution in [-0.2, 0) is 4.79 Å². The lowest BCUT2D eigenvalue weighted by Crippen LogP contribution is -2.51. The Hall–Kier alpha value is -1.87. The standard InChI is InChI=1S/C26H32O3/c1-5-26(28)13-10-21-23-19(22-7-6-16(2)29-22)15-17-14-18(27)8-11-24(17,3)20(23)9-12-25(21,26)4/h5-7,9,14,19,21,23,28H,1,8,10-13,15H2,2-4H3/t19-,21?,23?,24-,25-,26-/m0/s1. The molecular weight excluding hydrogens is 360 g/mol. The van der Waals surface area contributed by atoms with E-state index >= 15 is 0 Å². The second-order valence-electron chi connectivity index (χ2n) is 10.3. The number of fused-ring (bicyclic) bond motifs is 5. The number of ketones is 1. The Morgan fingerprint density at radius 2 is 2.07 bits per heavy atom. The largest absolute Gasteiger partial charge is 0.466 e. The predicted octanol–water partition coefficient (Wildman–Crippen LogP) is 5.65. The fraction of sp³-hybridized carbons (Fsp3) is 0.577. The van der Waals surface area contributed by atoms with Crippen LogP contribution in [0, 0.1) is 29.6 Å². The molecule has 2 saturated carbocycles. The van der Waals surface area contributed by atoms with Crippen molar-refractivity contribution in [1.82, 2.24) is 0 Å². The van der Waals surface area contributed by atoms with Crippen molar-refractivity contribution in [2.75, 3.05) is 0 Å². The third kappa shape index (κ3) is 2.43. The van der Waals surface area contributed by atoms with Crippen molar-refractivity contribution >= 4 is 5.78 Å². The second kappa shape index (κ2) is 6.07. The minimum absolute atomic E-state index is 0.0348. The van der Waals surface area contributed by atoms with Gasteiger partial charge >= 0.3 is 0 Å². The van der Waals surface area contributed by atoms with Gasteiger partial charge < -0.3 is 9.52 Å². The first-order valence-corrected chi connectivity index (χ1v) is 11.1. The molecule has 0 saturated heterocycles. The molecule has 154 valence electrons. The number of hydrogen-bond donors (Lipinski definition) is 1. The monoisotopic (exact) mass is 392 g/mol. The van der Waals surface area contributed by atoms with Gasteiger partial charge in [0.25, 0.3) is 0 Å². The van der Waals surface area contributed by atoms with Gasteiger partial charge in [-0.05, 0) is 69.1 Å². The number of rotatable bonds is 2. The van der Waals surface area contributed by atoms with Gasteiger partial charge in [0.1, 0.15) is 11.5 Å². The number of furan rings is 1. The van der Waals surface area contributed by atoms with Gasteiger partial charge in [-0.15, -0.1) is 6.58 Å². The summed E-state index contributed by atoms with van der Waals surface area (Å²) >= 11 is 0. The van der Waals surface area contributed by atoms with Gasteiger partial charge in [0.05, 0.1) is 5.60 Å². The molecule has 0 spiro atoms. The fourth-order valence-corrected chi connectivity index (χ4v) is 7.17. The van der Waals surface area contributed by atoms with E-state index in [-0.39, 0.29) is 22.5 Å². The lowest BCUT2D eigenvalue weighted by atomic mass is 9.48. The predicted molar refractivity (Wildman–Crippen MR) is 113 cm³/mol. The summed E-state index contributed by atoms with van der Waals surface area (Å²) in [4.78, 5) is 12.3. The van der Waals surface area contributed by atoms with Gasteiger partial charge in [-0.1, -0.05) is 37.1 Å². The summed E-state index contributed by atoms with van der Waals surface area (Å²) in [7, 11) is 0. The number of aliphatic hydroxyl groups is 1. The van der Waals surface area contributed by atoms with Crippen LogP contribution in [0.15, 0.2) is 52.5 Å². The van der Waals surface area contributed by atoms with Gasteiger partial charge in [-0.3, -0.25) is 4.79 Å². The first-order valence-electron chi connectivity index (χ1n) is 11.1. The van der Waals surface area contributed by atoms with Crippen LogP contribution in [0.25, 0.3) is 0 Å². The highest BCUT2D eigenvalue weighted by Crippen LogP contribution is 2.68. The highest BCUT2D eigenvalue weighted by Gasteiger charge is 2.62. The lowest BCUT2D eigenvalue weighted by molar-refractivity contribution is -0.115. The van der Waals surface area contributed by atoms with Crippen LogP contribution in [0.2, 0.25) is 0 Å². The average Bonchev–Trinajstić information content (AvgIpc) is 3.23. The zero-order valence-corrected chi connectivity index (χ0v) is 17.8. The van der Waals surface area contributed by atoms with Crippen LogP contribution in [0.1, 0.15) is 69.8 Å². The van der Waals surface area contributed by atoms with Crippen LogP contribution < -0.4 is 0 Å². The number of hydrogen-bond acceptors (Lipinski definition) is 3. The maximum Gasteiger partial charge on any atom is 0.155 e. The van der Waals surface area contributed by atoms with Crippen molar-refractivity contribution in [1.29, 1.82) is 0 Å². The Labute approximate surface area is 173 Å². The third-order valence-electron chi connectivity index (χ3n) is 9.07. The molecule has 0 aromatic carbocycles. The second-order valence-corrected chi connectivity index (χ2v) is 10.3. The first-order chi connectivity index (χ1) is 13.7. The molecular formula is C26H32O3. The van der Waals surface area contributed by atoms with Crippen molar-refractivity contribution in [2.45, 2.75) is 70.8 Å². The van der Waals surface area contributed by atoms with Crippen LogP contribution >= 0.6 is 0 Å². The van der Waals surface area contributed by atoms with Gasteiger partial charge in [0.15, 0.2) is 5.78 Å². The molecule has 4 aliphatic carbocycles. The van der Waals surface area contributed by atoms with Crippen molar-refractivity contribution < 1.29 is 14.3 Å². The molecule has 5 rings (SSSR count). The average molecular weight is 393 g/mol. The summed E-state index contributed by atoms with van der Waals surface area (Å²) in [6.07, 6.45) is 11.2. The fourth-order valence-electron chi connectivity index (χ4n) is 7.17. The van der Waals surface area contributed by atoms with E-state index in [1.54, 1.807) is 6.08 Å². The van der Waals surface area contributed by atoms with Crippen LogP contribution in [-0.4, -0.2) is 16.5 Å². The molecule has 0 amide bonds. The Morgan fingerprint density at radius 1 is 1.28 bits per heavy atom. The normalized spacial score (nSPS) is 43.7. The molecule has 4 aliphatic rings. The van der Waals surface area contributed by atoms with Crippen molar-refractivity contribution in [3.63, 3.8) is 0 Å². The molecule has 29 heavy (non-hydrogen) atoms. The first kappa shape index (κ1) is 19.1. The summed E-state index contributed by atoms with van der Waals surface area (Å²) in [5.41, 5.74) is 1.70. The molecule has 1 N–H and O–H groups in total. The number of allylic oxidation sites excluding steroid dienone is 4. The highest BCUT2D eigenvalue weighted by molar-refractivity contribution is 5.92. The smallest absolute Gasteiger partial charge is 0.155 e. The molecule has 0 bridgehead atoms. The van der Waals surface area contributed by atoms with Gasteiger partial charge in [-0.2, -0.15) is 0 Å². The maximum atomic E-state index is 12.3. The van der Waals surface area contributed by atoms with E-state index < -0.39 is 5.60 Å². The molecule has 1 heterocycles. The van der Waals surface area contributed by atoms with Crippen LogP contribution in [0.3, 0.4) is 0 Å². The minimum atomic E-state index is -0.817. The van der Waals surface area contributed by atoms with Crippen molar-refractivity contribution in [3.8, 4) is 0 Å². The molecule has 6 atom stereocenters. The van der Waals surface area contributed by atoms with E-state index in [1.807, 2.05) is 19.1 Å². The van der Waals surface area contributed by atoms with E-state index in [1.165, 1.54) is 11.1 Å². The highest BCUT2D eigenvalue weighted by atomic mass is 16.3. The van der Waals surface area contributed by atoms with E-state index in [9.17, 15) is 9.90 Å². The topological polar surface area (TPSA) is 50.4 Å². The third-order valence-corrected chi connectivity index (χ3v) is 9.07. The van der Waals surface area contributed by atoms with E-state index in [2.05, 4.69) is 32.6 Å². The van der Waals surface area contributed by atoms with Crippen LogP contribution in [0.5, 0.6) is 0 Å². The Morgan fingerprint density at radius 3 is 2.76 bits per heavy atom. The summed E-state index contributed by atoms with van der Waals surface area (Å²) in [5.74, 6) is 3.16. The molecule has 3 heteroatoms. The van der Waals surface area contributed by atoms with E-state index in [4.69, 9.17) is 4.42 Å². The van der Waals surface area contributed by atoms with E-state index in [0.29, 0.717) is 18.3 Å². The van der Waals surface area contributed by atoms with Gasteiger partial charge in [0.2, 0.25) is 0 Å². The zero-order valence-electron chi connectivity index (χ0n) is 17.8. The maximum absolute atomic E-state index is 12.3. The summed E-state index contributed by atoms with van der Waals surface area (Å²) in [5, 5.41) is 11.4. The molecule has 3 nitrogen and oxygen atoms in total. The van der Waals surface area contributed by atoms with Crippen molar-refractivity contribution in [3.05, 3.63) is 59.6 Å². The molecule has 2 unspecified atom stereocenters. The quantitative estimate of drug-likeness (QED) is 0.662. The van der Waals surface area contributed by atoms with Crippen LogP contribution in [0.4, 0.5) is 0 Å². The Kier molecular flexibility index (Phi) is 4.00. The molecule has 2 fully saturated rings. The minimum Gasteiger partial charge on any atom is -0.466 e. The molecule has 0 radical (unpaired) electrons. The Bertz CT molecular complexity index is 949. The summed E-state index contributed by atoms with van der Waals surface area (Å²) in [6.45, 7) is 10.6. The molecule has 1 aromatic rings. The van der Waals surface area contributed by atoms with Crippen molar-refractivity contribution in [2.24, 2.45) is 22.7 Å². The van der Waals surface area contributed by atoms with Gasteiger partial charge in [0, 0.05) is 23.2 Å². The van der Waals surface area contributed by atoms with Gasteiger partial charge in [-0.25, -0.2) is 0 Å². The zero-order chi connectivity index (χ0) is 20.6. The molecule has 1 aromatic heterocycles. The SMILES string of the molecule is C=C[C@]1(O)CCC2C3C(=CC[C@@]21C)[C@@]1(C)CCC(=O)C=C1C[C@H]3c1ccc(C)o1. The molecule has 0 aliphatic heterocycles. The Balaban J connectivity index is 1.69.